The first-order chi connectivity index (χ1) is 21.3. The molecule has 10 atom stereocenters. The van der Waals surface area contributed by atoms with E-state index in [0.717, 1.165) is 5.56 Å². The quantitative estimate of drug-likeness (QED) is 0.331. The first-order valence-electron chi connectivity index (χ1n) is 15.4. The third-order valence-corrected chi connectivity index (χ3v) is 8.54. The lowest BCUT2D eigenvalue weighted by atomic mass is 10.1. The Morgan fingerprint density at radius 2 is 1.29 bits per heavy atom. The van der Waals surface area contributed by atoms with Crippen molar-refractivity contribution >= 4 is 11.0 Å². The van der Waals surface area contributed by atoms with Crippen molar-refractivity contribution < 1.29 is 48.1 Å². The molecule has 4 aliphatic rings. The van der Waals surface area contributed by atoms with Crippen molar-refractivity contribution in [3.63, 3.8) is 0 Å². The van der Waals surface area contributed by atoms with Crippen LogP contribution in [0, 0.1) is 6.92 Å². The molecule has 4 saturated heterocycles. The number of aliphatic hydroxyl groups excluding tert-OH is 2. The van der Waals surface area contributed by atoms with Gasteiger partial charge in [0.15, 0.2) is 24.2 Å². The van der Waals surface area contributed by atoms with Crippen molar-refractivity contribution in [3.05, 3.63) is 59.6 Å². The average Bonchev–Trinajstić information content (AvgIpc) is 3.70. The molecular formula is C32H44N2O11. The van der Waals surface area contributed by atoms with E-state index in [1.807, 2.05) is 25.1 Å². The minimum Gasteiger partial charge on any atom is -0.388 e. The molecule has 5 heterocycles. The fourth-order valence-corrected chi connectivity index (χ4v) is 6.73. The van der Waals surface area contributed by atoms with E-state index in [4.69, 9.17) is 37.9 Å². The van der Waals surface area contributed by atoms with Crippen molar-refractivity contribution in [2.24, 2.45) is 0 Å². The van der Waals surface area contributed by atoms with Crippen LogP contribution >= 0.6 is 0 Å². The van der Waals surface area contributed by atoms with Gasteiger partial charge in [-0.15, -0.1) is 13.2 Å². The number of aliphatic hydroxyl groups is 2. The van der Waals surface area contributed by atoms with Crippen molar-refractivity contribution in [1.82, 2.24) is 9.13 Å². The molecule has 4 aliphatic heterocycles. The predicted molar refractivity (Wildman–Crippen MR) is 160 cm³/mol. The average molecular weight is 633 g/mol. The molecule has 4 fully saturated rings. The fraction of sp³-hybridized carbons (Fsp3) is 0.656. The van der Waals surface area contributed by atoms with Gasteiger partial charge in [-0.25, -0.2) is 4.79 Å². The number of hydrogen-bond acceptors (Lipinski definition) is 11. The van der Waals surface area contributed by atoms with Gasteiger partial charge >= 0.3 is 5.69 Å². The zero-order chi connectivity index (χ0) is 32.3. The van der Waals surface area contributed by atoms with Crippen LogP contribution in [0.15, 0.2) is 48.3 Å². The Morgan fingerprint density at radius 1 is 0.822 bits per heavy atom. The molecule has 0 amide bonds. The van der Waals surface area contributed by atoms with E-state index in [-0.39, 0.29) is 26.3 Å². The van der Waals surface area contributed by atoms with E-state index in [2.05, 4.69) is 13.2 Å². The Hall–Kier alpha value is -2.43. The van der Waals surface area contributed by atoms with Gasteiger partial charge in [0.25, 0.3) is 0 Å². The van der Waals surface area contributed by atoms with Gasteiger partial charge in [-0.2, -0.15) is 0 Å². The van der Waals surface area contributed by atoms with Gasteiger partial charge in [0.1, 0.15) is 48.8 Å². The molecule has 0 bridgehead atoms. The number of aromatic nitrogens is 2. The second kappa shape index (κ2) is 12.3. The lowest BCUT2D eigenvalue weighted by molar-refractivity contribution is -0.229. The molecular weight excluding hydrogens is 588 g/mol. The normalized spacial score (nSPS) is 34.6. The molecule has 0 radical (unpaired) electrons. The minimum atomic E-state index is -1.16. The third kappa shape index (κ3) is 6.19. The number of fused-ring (bicyclic) bond motifs is 3. The molecule has 6 rings (SSSR count). The maximum Gasteiger partial charge on any atom is 0.329 e. The summed E-state index contributed by atoms with van der Waals surface area (Å²) in [5.41, 5.74) is 1.69. The number of nitrogens with zero attached hydrogens (tertiary/aromatic N) is 2. The number of hydrogen-bond donors (Lipinski definition) is 2. The molecule has 13 nitrogen and oxygen atoms in total. The van der Waals surface area contributed by atoms with Gasteiger partial charge in [-0.1, -0.05) is 18.2 Å². The molecule has 2 aromatic rings. The molecule has 1 aromatic carbocycles. The number of aryl methyl sites for hydroxylation is 1. The standard InChI is InChI=1S/C32H44N2O11/c1-8-12-38-24-22(40-28-26(24)42-31(4,5)44-28)20(35)15-33-18-11-10-17(3)14-19(18)34(30(33)37)16-21(36)23-25(39-13-9-2)27-29(41-23)45-32(6,7)43-27/h8-11,14,20-29,35-36H,1-2,12-13,15-16H2,3-7H3/t20?,21?,22-,23-,24+,25+,26?,27-,28?,29-/m1/s1. The monoisotopic (exact) mass is 632 g/mol. The van der Waals surface area contributed by atoms with Gasteiger partial charge in [-0.05, 0) is 52.3 Å². The van der Waals surface area contributed by atoms with E-state index < -0.39 is 78.7 Å². The molecule has 0 spiro atoms. The van der Waals surface area contributed by atoms with Gasteiger partial charge in [0.2, 0.25) is 0 Å². The van der Waals surface area contributed by atoms with Crippen LogP contribution in [0.4, 0.5) is 0 Å². The van der Waals surface area contributed by atoms with Gasteiger partial charge < -0.3 is 48.1 Å². The molecule has 1 aromatic heterocycles. The van der Waals surface area contributed by atoms with Gasteiger partial charge in [0, 0.05) is 0 Å². The first kappa shape index (κ1) is 32.5. The molecule has 45 heavy (non-hydrogen) atoms. The summed E-state index contributed by atoms with van der Waals surface area (Å²) in [4.78, 5) is 14.0. The summed E-state index contributed by atoms with van der Waals surface area (Å²) in [7, 11) is 0. The maximum atomic E-state index is 14.0. The van der Waals surface area contributed by atoms with Crippen LogP contribution in [0.3, 0.4) is 0 Å². The Labute approximate surface area is 261 Å². The Balaban J connectivity index is 1.25. The van der Waals surface area contributed by atoms with Crippen LogP contribution < -0.4 is 5.69 Å². The van der Waals surface area contributed by atoms with Crippen molar-refractivity contribution in [3.8, 4) is 0 Å². The second-order valence-corrected chi connectivity index (χ2v) is 12.9. The molecule has 2 N–H and O–H groups in total. The lowest BCUT2D eigenvalue weighted by Crippen LogP contribution is -2.46. The van der Waals surface area contributed by atoms with Crippen LogP contribution in [0.5, 0.6) is 0 Å². The smallest absolute Gasteiger partial charge is 0.329 e. The zero-order valence-corrected chi connectivity index (χ0v) is 26.4. The van der Waals surface area contributed by atoms with E-state index in [9.17, 15) is 15.0 Å². The van der Waals surface area contributed by atoms with E-state index in [1.54, 1.807) is 39.8 Å². The summed E-state index contributed by atoms with van der Waals surface area (Å²) < 4.78 is 50.9. The maximum absolute atomic E-state index is 14.0. The van der Waals surface area contributed by atoms with Gasteiger partial charge in [0.05, 0.1) is 37.3 Å². The highest BCUT2D eigenvalue weighted by Gasteiger charge is 2.58. The zero-order valence-electron chi connectivity index (χ0n) is 26.4. The van der Waals surface area contributed by atoms with Crippen molar-refractivity contribution in [2.45, 2.75) is 121 Å². The minimum absolute atomic E-state index is 0.102. The topological polar surface area (TPSA) is 141 Å². The lowest BCUT2D eigenvalue weighted by Gasteiger charge is -2.28. The third-order valence-electron chi connectivity index (χ3n) is 8.54. The van der Waals surface area contributed by atoms with E-state index >= 15 is 0 Å². The van der Waals surface area contributed by atoms with Gasteiger partial charge in [-0.3, -0.25) is 9.13 Å². The Kier molecular flexibility index (Phi) is 8.89. The number of imidazole rings is 1. The summed E-state index contributed by atoms with van der Waals surface area (Å²) in [6.07, 6.45) is -4.66. The summed E-state index contributed by atoms with van der Waals surface area (Å²) in [5, 5.41) is 23.0. The highest BCUT2D eigenvalue weighted by atomic mass is 16.9. The van der Waals surface area contributed by atoms with Crippen LogP contribution in [0.1, 0.15) is 33.3 Å². The van der Waals surface area contributed by atoms with E-state index in [1.165, 1.54) is 9.13 Å². The van der Waals surface area contributed by atoms with Crippen LogP contribution in [0.2, 0.25) is 0 Å². The van der Waals surface area contributed by atoms with Crippen LogP contribution in [-0.4, -0.2) is 106 Å². The Morgan fingerprint density at radius 3 is 1.76 bits per heavy atom. The summed E-state index contributed by atoms with van der Waals surface area (Å²) in [6, 6.07) is 5.58. The van der Waals surface area contributed by atoms with E-state index in [0.29, 0.717) is 11.0 Å². The second-order valence-electron chi connectivity index (χ2n) is 12.9. The summed E-state index contributed by atoms with van der Waals surface area (Å²) in [5.74, 6) is -1.73. The SMILES string of the molecule is C=CCO[C@@H]1[C@H]2OC(C)(C)O[C@H]2O[C@@H]1C(O)Cn1c(=O)n(CC(O)[C@H]2OC3OC(C)(C)OC3[C@H]2OCC=C)c2ccc(C)cc21. The molecule has 248 valence electrons. The molecule has 0 saturated carbocycles. The highest BCUT2D eigenvalue weighted by Crippen LogP contribution is 2.41. The summed E-state index contributed by atoms with van der Waals surface area (Å²) in [6.45, 7) is 16.7. The molecule has 13 heteroatoms. The number of rotatable bonds is 12. The molecule has 4 unspecified atom stereocenters. The number of benzene rings is 1. The predicted octanol–water partition coefficient (Wildman–Crippen LogP) is 1.73. The van der Waals surface area contributed by atoms with Crippen molar-refractivity contribution in [1.29, 1.82) is 0 Å². The molecule has 0 aliphatic carbocycles. The largest absolute Gasteiger partial charge is 0.388 e. The number of ether oxygens (including phenoxy) is 8. The van der Waals surface area contributed by atoms with Crippen LogP contribution in [0.25, 0.3) is 11.0 Å². The first-order valence-corrected chi connectivity index (χ1v) is 15.4. The Bertz CT molecular complexity index is 1470. The van der Waals surface area contributed by atoms with Crippen molar-refractivity contribution in [2.75, 3.05) is 13.2 Å². The summed E-state index contributed by atoms with van der Waals surface area (Å²) >= 11 is 0. The van der Waals surface area contributed by atoms with Crippen LogP contribution in [-0.2, 0) is 51.0 Å². The fourth-order valence-electron chi connectivity index (χ4n) is 6.73. The highest BCUT2D eigenvalue weighted by molar-refractivity contribution is 5.77.